The van der Waals surface area contributed by atoms with Crippen LogP contribution in [0.1, 0.15) is 41.0 Å². The maximum absolute atomic E-state index is 13.6. The van der Waals surface area contributed by atoms with Gasteiger partial charge in [-0.15, -0.1) is 0 Å². The molecule has 0 saturated heterocycles. The average molecular weight is 269 g/mol. The minimum Gasteiger partial charge on any atom is -0.491 e. The van der Waals surface area contributed by atoms with E-state index in [0.29, 0.717) is 18.0 Å². The van der Waals surface area contributed by atoms with Crippen LogP contribution in [0.15, 0.2) is 12.1 Å². The number of nitrogen functional groups attached to an aromatic ring is 1. The molecule has 0 unspecified atom stereocenters. The molecule has 0 bridgehead atoms. The van der Waals surface area contributed by atoms with Gasteiger partial charge in [0.25, 0.3) is 0 Å². The van der Waals surface area contributed by atoms with Crippen LogP contribution in [-0.4, -0.2) is 12.7 Å². The van der Waals surface area contributed by atoms with Crippen LogP contribution >= 0.6 is 0 Å². The molecule has 0 fully saturated rings. The molecule has 0 aliphatic carbocycles. The Balaban J connectivity index is 2.77. The first kappa shape index (κ1) is 15.6. The molecule has 0 saturated carbocycles. The second-order valence-corrected chi connectivity index (χ2v) is 6.15. The minimum atomic E-state index is -0.464. The Bertz CT molecular complexity index is 425. The van der Waals surface area contributed by atoms with Crippen molar-refractivity contribution in [1.82, 2.24) is 0 Å². The SMILES string of the molecule is CC(C)Oc1cc(OCCC(C)(C)C)c(N)cc1F. The zero-order valence-corrected chi connectivity index (χ0v) is 12.4. The Hall–Kier alpha value is -1.45. The van der Waals surface area contributed by atoms with Gasteiger partial charge in [-0.3, -0.25) is 0 Å². The number of rotatable bonds is 5. The summed E-state index contributed by atoms with van der Waals surface area (Å²) in [6, 6.07) is 2.76. The van der Waals surface area contributed by atoms with Crippen LogP contribution < -0.4 is 15.2 Å². The monoisotopic (exact) mass is 269 g/mol. The second-order valence-electron chi connectivity index (χ2n) is 6.15. The fourth-order valence-electron chi connectivity index (χ4n) is 1.49. The zero-order valence-electron chi connectivity index (χ0n) is 12.4. The van der Waals surface area contributed by atoms with Gasteiger partial charge >= 0.3 is 0 Å². The Morgan fingerprint density at radius 1 is 1.21 bits per heavy atom. The Morgan fingerprint density at radius 2 is 1.84 bits per heavy atom. The van der Waals surface area contributed by atoms with Crippen LogP contribution in [0.3, 0.4) is 0 Å². The molecule has 3 nitrogen and oxygen atoms in total. The van der Waals surface area contributed by atoms with Crippen molar-refractivity contribution in [1.29, 1.82) is 0 Å². The molecular weight excluding hydrogens is 245 g/mol. The summed E-state index contributed by atoms with van der Waals surface area (Å²) in [4.78, 5) is 0. The van der Waals surface area contributed by atoms with Crippen LogP contribution in [0.25, 0.3) is 0 Å². The molecule has 0 radical (unpaired) electrons. The summed E-state index contributed by atoms with van der Waals surface area (Å²) in [5.41, 5.74) is 6.23. The largest absolute Gasteiger partial charge is 0.491 e. The highest BCUT2D eigenvalue weighted by molar-refractivity contribution is 5.56. The lowest BCUT2D eigenvalue weighted by Gasteiger charge is -2.19. The molecule has 0 atom stereocenters. The van der Waals surface area contributed by atoms with E-state index in [2.05, 4.69) is 20.8 Å². The Morgan fingerprint density at radius 3 is 2.37 bits per heavy atom. The molecule has 0 spiro atoms. The van der Waals surface area contributed by atoms with E-state index in [1.807, 2.05) is 13.8 Å². The number of nitrogens with two attached hydrogens (primary N) is 1. The molecule has 0 aromatic heterocycles. The average Bonchev–Trinajstić information content (AvgIpc) is 2.22. The minimum absolute atomic E-state index is 0.0967. The van der Waals surface area contributed by atoms with Crippen molar-refractivity contribution in [3.8, 4) is 11.5 Å². The zero-order chi connectivity index (χ0) is 14.6. The second kappa shape index (κ2) is 6.13. The van der Waals surface area contributed by atoms with Crippen molar-refractivity contribution in [2.45, 2.75) is 47.1 Å². The molecule has 2 N–H and O–H groups in total. The van der Waals surface area contributed by atoms with Gasteiger partial charge in [0, 0.05) is 12.1 Å². The molecule has 0 aliphatic heterocycles. The van der Waals surface area contributed by atoms with E-state index in [0.717, 1.165) is 6.42 Å². The smallest absolute Gasteiger partial charge is 0.167 e. The highest BCUT2D eigenvalue weighted by Gasteiger charge is 2.14. The fraction of sp³-hybridized carbons (Fsp3) is 0.600. The maximum atomic E-state index is 13.6. The topological polar surface area (TPSA) is 44.5 Å². The van der Waals surface area contributed by atoms with Crippen molar-refractivity contribution in [3.63, 3.8) is 0 Å². The summed E-state index contributed by atoms with van der Waals surface area (Å²) in [6.45, 7) is 10.6. The highest BCUT2D eigenvalue weighted by Crippen LogP contribution is 2.31. The van der Waals surface area contributed by atoms with Crippen molar-refractivity contribution < 1.29 is 13.9 Å². The van der Waals surface area contributed by atoms with E-state index in [1.54, 1.807) is 0 Å². The summed E-state index contributed by atoms with van der Waals surface area (Å²) in [5, 5.41) is 0. The van der Waals surface area contributed by atoms with E-state index < -0.39 is 5.82 Å². The lowest BCUT2D eigenvalue weighted by atomic mass is 9.93. The molecule has 0 aliphatic rings. The van der Waals surface area contributed by atoms with Crippen LogP contribution in [0.5, 0.6) is 11.5 Å². The molecular formula is C15H24FNO2. The van der Waals surface area contributed by atoms with E-state index in [1.165, 1.54) is 12.1 Å². The third kappa shape index (κ3) is 5.37. The predicted octanol–water partition coefficient (Wildman–Crippen LogP) is 4.01. The summed E-state index contributed by atoms with van der Waals surface area (Å²) in [5.74, 6) is 0.186. The summed E-state index contributed by atoms with van der Waals surface area (Å²) < 4.78 is 24.6. The van der Waals surface area contributed by atoms with Crippen molar-refractivity contribution in [2.75, 3.05) is 12.3 Å². The number of benzene rings is 1. The van der Waals surface area contributed by atoms with Gasteiger partial charge in [-0.05, 0) is 25.7 Å². The third-order valence-electron chi connectivity index (χ3n) is 2.54. The van der Waals surface area contributed by atoms with E-state index in [-0.39, 0.29) is 17.3 Å². The van der Waals surface area contributed by atoms with Gasteiger partial charge in [0.15, 0.2) is 11.6 Å². The number of anilines is 1. The third-order valence-corrected chi connectivity index (χ3v) is 2.54. The maximum Gasteiger partial charge on any atom is 0.167 e. The first-order valence-electron chi connectivity index (χ1n) is 6.57. The van der Waals surface area contributed by atoms with Gasteiger partial charge in [-0.1, -0.05) is 20.8 Å². The van der Waals surface area contributed by atoms with E-state index >= 15 is 0 Å². The molecule has 1 aromatic rings. The van der Waals surface area contributed by atoms with Gasteiger partial charge in [0.2, 0.25) is 0 Å². The lowest BCUT2D eigenvalue weighted by Crippen LogP contribution is -2.12. The number of halogens is 1. The summed E-state index contributed by atoms with van der Waals surface area (Å²) in [6.07, 6.45) is 0.796. The van der Waals surface area contributed by atoms with Gasteiger partial charge in [0.05, 0.1) is 18.4 Å². The fourth-order valence-corrected chi connectivity index (χ4v) is 1.49. The molecule has 108 valence electrons. The van der Waals surface area contributed by atoms with Crippen molar-refractivity contribution >= 4 is 5.69 Å². The van der Waals surface area contributed by atoms with Crippen LogP contribution in [0.4, 0.5) is 10.1 Å². The van der Waals surface area contributed by atoms with Crippen LogP contribution in [0, 0.1) is 11.2 Å². The molecule has 0 heterocycles. The summed E-state index contributed by atoms with van der Waals surface area (Å²) >= 11 is 0. The molecule has 4 heteroatoms. The van der Waals surface area contributed by atoms with Crippen LogP contribution in [0.2, 0.25) is 0 Å². The molecule has 1 aromatic carbocycles. The van der Waals surface area contributed by atoms with Gasteiger partial charge < -0.3 is 15.2 Å². The highest BCUT2D eigenvalue weighted by atomic mass is 19.1. The normalized spacial score (nSPS) is 11.7. The van der Waals surface area contributed by atoms with Crippen LogP contribution in [-0.2, 0) is 0 Å². The van der Waals surface area contributed by atoms with E-state index in [9.17, 15) is 4.39 Å². The lowest BCUT2D eigenvalue weighted by molar-refractivity contribution is 0.224. The van der Waals surface area contributed by atoms with Gasteiger partial charge in [0.1, 0.15) is 5.75 Å². The Labute approximate surface area is 114 Å². The molecule has 1 rings (SSSR count). The first-order valence-corrected chi connectivity index (χ1v) is 6.57. The van der Waals surface area contributed by atoms with Crippen molar-refractivity contribution in [2.24, 2.45) is 5.41 Å². The van der Waals surface area contributed by atoms with Gasteiger partial charge in [-0.2, -0.15) is 0 Å². The number of hydrogen-bond acceptors (Lipinski definition) is 3. The summed E-state index contributed by atoms with van der Waals surface area (Å²) in [7, 11) is 0. The number of ether oxygens (including phenoxy) is 2. The predicted molar refractivity (Wildman–Crippen MR) is 76.1 cm³/mol. The quantitative estimate of drug-likeness (QED) is 0.821. The first-order chi connectivity index (χ1) is 8.69. The van der Waals surface area contributed by atoms with Gasteiger partial charge in [-0.25, -0.2) is 4.39 Å². The van der Waals surface area contributed by atoms with E-state index in [4.69, 9.17) is 15.2 Å². The number of hydrogen-bond donors (Lipinski definition) is 1. The molecule has 0 amide bonds. The standard InChI is InChI=1S/C15H24FNO2/c1-10(2)19-13-9-14(12(17)8-11(13)16)18-7-6-15(3,4)5/h8-10H,6-7,17H2,1-5H3. The Kier molecular flexibility index (Phi) is 5.04. The molecule has 19 heavy (non-hydrogen) atoms. The van der Waals surface area contributed by atoms with Crippen molar-refractivity contribution in [3.05, 3.63) is 17.9 Å².